The van der Waals surface area contributed by atoms with Crippen LogP contribution in [0.25, 0.3) is 5.65 Å². The molecule has 0 spiro atoms. The van der Waals surface area contributed by atoms with Crippen molar-refractivity contribution in [2.24, 2.45) is 4.99 Å². The van der Waals surface area contributed by atoms with Crippen molar-refractivity contribution in [2.75, 3.05) is 44.2 Å². The number of fused-ring (bicyclic) bond motifs is 1. The summed E-state index contributed by atoms with van der Waals surface area (Å²) in [4.78, 5) is 6.72. The van der Waals surface area contributed by atoms with Crippen LogP contribution in [0.1, 0.15) is 12.7 Å². The lowest BCUT2D eigenvalue weighted by atomic mass is 10.4. The van der Waals surface area contributed by atoms with Crippen molar-refractivity contribution in [3.63, 3.8) is 0 Å². The monoisotopic (exact) mass is 379 g/mol. The van der Waals surface area contributed by atoms with E-state index in [-0.39, 0.29) is 11.5 Å². The molecule has 1 aliphatic rings. The Morgan fingerprint density at radius 3 is 2.81 bits per heavy atom. The van der Waals surface area contributed by atoms with Crippen molar-refractivity contribution in [1.29, 1.82) is 0 Å². The number of hydrogen-bond donors (Lipinski definition) is 2. The fourth-order valence-electron chi connectivity index (χ4n) is 2.80. The van der Waals surface area contributed by atoms with Gasteiger partial charge in [0.25, 0.3) is 0 Å². The van der Waals surface area contributed by atoms with E-state index < -0.39 is 9.84 Å². The van der Waals surface area contributed by atoms with E-state index in [1.54, 1.807) is 0 Å². The number of pyridine rings is 1. The number of hydrogen-bond acceptors (Lipinski definition) is 6. The van der Waals surface area contributed by atoms with Crippen LogP contribution in [0.5, 0.6) is 0 Å². The molecule has 1 aliphatic heterocycles. The van der Waals surface area contributed by atoms with Crippen LogP contribution in [-0.2, 0) is 16.4 Å². The second-order valence-corrected chi connectivity index (χ2v) is 8.46. The van der Waals surface area contributed by atoms with Crippen molar-refractivity contribution >= 4 is 21.4 Å². The summed E-state index contributed by atoms with van der Waals surface area (Å²) < 4.78 is 24.9. The number of guanidine groups is 1. The molecule has 0 aromatic carbocycles. The Morgan fingerprint density at radius 1 is 1.23 bits per heavy atom. The van der Waals surface area contributed by atoms with Crippen LogP contribution in [0.15, 0.2) is 29.4 Å². The van der Waals surface area contributed by atoms with E-state index in [0.29, 0.717) is 32.1 Å². The second-order valence-electron chi connectivity index (χ2n) is 6.16. The van der Waals surface area contributed by atoms with Crippen molar-refractivity contribution in [3.05, 3.63) is 30.2 Å². The van der Waals surface area contributed by atoms with Crippen molar-refractivity contribution in [1.82, 2.24) is 30.1 Å². The van der Waals surface area contributed by atoms with E-state index in [2.05, 4.69) is 30.7 Å². The van der Waals surface area contributed by atoms with E-state index in [9.17, 15) is 8.42 Å². The van der Waals surface area contributed by atoms with E-state index >= 15 is 0 Å². The van der Waals surface area contributed by atoms with E-state index in [1.807, 2.05) is 35.7 Å². The zero-order valence-corrected chi connectivity index (χ0v) is 15.7. The Balaban J connectivity index is 1.52. The van der Waals surface area contributed by atoms with E-state index in [0.717, 1.165) is 24.6 Å². The number of aliphatic imine (C=N–C) groups is 1. The topological polar surface area (TPSA) is 104 Å². The average Bonchev–Trinajstić information content (AvgIpc) is 3.04. The third-order valence-electron chi connectivity index (χ3n) is 4.26. The van der Waals surface area contributed by atoms with Crippen LogP contribution in [0.3, 0.4) is 0 Å². The first kappa shape index (κ1) is 18.6. The van der Waals surface area contributed by atoms with Crippen LogP contribution in [-0.4, -0.2) is 78.1 Å². The van der Waals surface area contributed by atoms with Gasteiger partial charge in [0.1, 0.15) is 6.54 Å². The molecule has 10 heteroatoms. The number of nitrogens with one attached hydrogen (secondary N) is 2. The minimum absolute atomic E-state index is 0.251. The van der Waals surface area contributed by atoms with Crippen LogP contribution in [0.4, 0.5) is 0 Å². The summed E-state index contributed by atoms with van der Waals surface area (Å²) in [5.41, 5.74) is 0.802. The molecule has 1 fully saturated rings. The highest BCUT2D eigenvalue weighted by Gasteiger charge is 2.20. The maximum Gasteiger partial charge on any atom is 0.191 e. The molecule has 2 N–H and O–H groups in total. The Labute approximate surface area is 153 Å². The predicted octanol–water partition coefficient (Wildman–Crippen LogP) is -0.485. The van der Waals surface area contributed by atoms with Crippen LogP contribution < -0.4 is 10.6 Å². The van der Waals surface area contributed by atoms with Gasteiger partial charge in [-0.15, -0.1) is 10.2 Å². The summed E-state index contributed by atoms with van der Waals surface area (Å²) in [6, 6.07) is 5.77. The van der Waals surface area contributed by atoms with Gasteiger partial charge in [0.05, 0.1) is 11.5 Å². The van der Waals surface area contributed by atoms with Gasteiger partial charge >= 0.3 is 0 Å². The van der Waals surface area contributed by atoms with Gasteiger partial charge < -0.3 is 10.6 Å². The first-order valence-electron chi connectivity index (χ1n) is 8.81. The summed E-state index contributed by atoms with van der Waals surface area (Å²) in [7, 11) is -2.83. The molecule has 3 rings (SSSR count). The average molecular weight is 379 g/mol. The molecule has 0 bridgehead atoms. The minimum atomic E-state index is -2.83. The van der Waals surface area contributed by atoms with E-state index in [4.69, 9.17) is 0 Å². The highest BCUT2D eigenvalue weighted by atomic mass is 32.2. The molecular formula is C16H25N7O2S. The summed E-state index contributed by atoms with van der Waals surface area (Å²) in [5.74, 6) is 1.99. The van der Waals surface area contributed by atoms with Gasteiger partial charge in [-0.1, -0.05) is 6.07 Å². The molecule has 26 heavy (non-hydrogen) atoms. The molecule has 2 aromatic heterocycles. The number of aromatic nitrogens is 3. The third kappa shape index (κ3) is 4.92. The molecule has 142 valence electrons. The lowest BCUT2D eigenvalue weighted by Crippen LogP contribution is -2.45. The lowest BCUT2D eigenvalue weighted by molar-refractivity contribution is 0.299. The summed E-state index contributed by atoms with van der Waals surface area (Å²) in [6.45, 7) is 5.88. The molecule has 0 saturated carbocycles. The second kappa shape index (κ2) is 8.45. The van der Waals surface area contributed by atoms with Gasteiger partial charge in [-0.05, 0) is 19.1 Å². The molecule has 0 radical (unpaired) electrons. The SMILES string of the molecule is CCNC(=NCc1nnc2ccccn12)NCCN1CCS(=O)(=O)CC1. The Morgan fingerprint density at radius 2 is 2.04 bits per heavy atom. The largest absolute Gasteiger partial charge is 0.357 e. The van der Waals surface area contributed by atoms with Crippen molar-refractivity contribution < 1.29 is 8.42 Å². The maximum absolute atomic E-state index is 11.5. The minimum Gasteiger partial charge on any atom is -0.357 e. The molecule has 9 nitrogen and oxygen atoms in total. The molecule has 0 atom stereocenters. The summed E-state index contributed by atoms with van der Waals surface area (Å²) in [6.07, 6.45) is 1.92. The van der Waals surface area contributed by atoms with Gasteiger partial charge in [-0.2, -0.15) is 0 Å². The molecular weight excluding hydrogens is 354 g/mol. The number of rotatable bonds is 6. The molecule has 1 saturated heterocycles. The van der Waals surface area contributed by atoms with Crippen molar-refractivity contribution in [2.45, 2.75) is 13.5 Å². The predicted molar refractivity (Wildman–Crippen MR) is 101 cm³/mol. The number of nitrogens with zero attached hydrogens (tertiary/aromatic N) is 5. The summed E-state index contributed by atoms with van der Waals surface area (Å²) in [5, 5.41) is 14.8. The highest BCUT2D eigenvalue weighted by Crippen LogP contribution is 2.04. The summed E-state index contributed by atoms with van der Waals surface area (Å²) >= 11 is 0. The fraction of sp³-hybridized carbons (Fsp3) is 0.562. The Kier molecular flexibility index (Phi) is 6.04. The van der Waals surface area contributed by atoms with Crippen LogP contribution in [0, 0.1) is 0 Å². The van der Waals surface area contributed by atoms with Gasteiger partial charge in [0.15, 0.2) is 27.3 Å². The lowest BCUT2D eigenvalue weighted by Gasteiger charge is -2.26. The standard InChI is InChI=1S/C16H25N7O2S/c1-2-17-16(18-6-8-22-9-11-26(24,25)12-10-22)19-13-15-21-20-14-5-3-4-7-23(14)15/h3-5,7H,2,6,8-13H2,1H3,(H2,17,18,19). The first-order valence-corrected chi connectivity index (χ1v) is 10.6. The fourth-order valence-corrected chi connectivity index (χ4v) is 4.07. The molecule has 0 amide bonds. The Bertz CT molecular complexity index is 848. The smallest absolute Gasteiger partial charge is 0.191 e. The van der Waals surface area contributed by atoms with Gasteiger partial charge in [0, 0.05) is 38.9 Å². The normalized spacial score (nSPS) is 18.1. The molecule has 0 unspecified atom stereocenters. The quantitative estimate of drug-likeness (QED) is 0.516. The third-order valence-corrected chi connectivity index (χ3v) is 5.87. The van der Waals surface area contributed by atoms with E-state index in [1.165, 1.54) is 0 Å². The molecule has 2 aromatic rings. The zero-order valence-electron chi connectivity index (χ0n) is 14.9. The van der Waals surface area contributed by atoms with Crippen LogP contribution in [0.2, 0.25) is 0 Å². The Hall–Kier alpha value is -2.20. The van der Waals surface area contributed by atoms with Crippen molar-refractivity contribution in [3.8, 4) is 0 Å². The van der Waals surface area contributed by atoms with Gasteiger partial charge in [0.2, 0.25) is 0 Å². The maximum atomic E-state index is 11.5. The van der Waals surface area contributed by atoms with Crippen LogP contribution >= 0.6 is 0 Å². The number of sulfone groups is 1. The van der Waals surface area contributed by atoms with Gasteiger partial charge in [-0.25, -0.2) is 13.4 Å². The highest BCUT2D eigenvalue weighted by molar-refractivity contribution is 7.91. The first-order chi connectivity index (χ1) is 12.6. The zero-order chi connectivity index (χ0) is 18.4. The van der Waals surface area contributed by atoms with Gasteiger partial charge in [-0.3, -0.25) is 9.30 Å². The molecule has 3 heterocycles. The molecule has 0 aliphatic carbocycles.